The van der Waals surface area contributed by atoms with Gasteiger partial charge in [0.1, 0.15) is 11.3 Å². The zero-order chi connectivity index (χ0) is 21.2. The molecule has 0 radical (unpaired) electrons. The predicted octanol–water partition coefficient (Wildman–Crippen LogP) is 1.64. The number of hydrogen-bond donors (Lipinski definition) is 2. The van der Waals surface area contributed by atoms with Crippen molar-refractivity contribution >= 4 is 23.5 Å². The van der Waals surface area contributed by atoms with Gasteiger partial charge in [0.15, 0.2) is 0 Å². The number of benzene rings is 2. The van der Waals surface area contributed by atoms with Crippen LogP contribution in [0.2, 0.25) is 0 Å². The minimum absolute atomic E-state index is 0.167. The number of nitrogens with zero attached hydrogens (tertiary/aromatic N) is 2. The molecule has 0 spiro atoms. The molecule has 1 aliphatic heterocycles. The van der Waals surface area contributed by atoms with E-state index in [9.17, 15) is 24.5 Å². The van der Waals surface area contributed by atoms with Gasteiger partial charge in [0.2, 0.25) is 5.91 Å². The van der Waals surface area contributed by atoms with Crippen LogP contribution in [0.4, 0.5) is 10.5 Å². The number of para-hydroxylation sites is 1. The molecular formula is C19H18N4O6. The summed E-state index contributed by atoms with van der Waals surface area (Å²) in [5.74, 6) is -0.825. The fourth-order valence-corrected chi connectivity index (χ4v) is 3.04. The first-order chi connectivity index (χ1) is 13.8. The normalized spacial score (nSPS) is 18.3. The quantitative estimate of drug-likeness (QED) is 0.432. The number of carbonyl (C=O) groups is 3. The molecule has 1 fully saturated rings. The van der Waals surface area contributed by atoms with Gasteiger partial charge in [-0.05, 0) is 24.6 Å². The lowest BCUT2D eigenvalue weighted by Gasteiger charge is -2.22. The number of carbonyl (C=O) groups excluding carboxylic acids is 3. The Balaban J connectivity index is 1.76. The molecule has 1 aliphatic rings. The standard InChI is InChI=1S/C19H18N4O6/c1-19(13-7-9-14(29-2)10-8-13)17(25)22(18(26)20-19)21-16(24)11-12-5-3-4-6-15(12)23(27)28/h3-10H,11H2,1-2H3,(H,20,26)(H,21,24)/t19-/m0/s1. The van der Waals surface area contributed by atoms with Crippen molar-refractivity contribution in [2.45, 2.75) is 18.9 Å². The number of nitro groups is 1. The van der Waals surface area contributed by atoms with Crippen LogP contribution in [0.1, 0.15) is 18.1 Å². The second-order valence-corrected chi connectivity index (χ2v) is 6.52. The van der Waals surface area contributed by atoms with E-state index in [0.29, 0.717) is 16.3 Å². The summed E-state index contributed by atoms with van der Waals surface area (Å²) < 4.78 is 5.08. The van der Waals surface area contributed by atoms with Gasteiger partial charge in [-0.1, -0.05) is 30.3 Å². The highest BCUT2D eigenvalue weighted by molar-refractivity contribution is 6.08. The summed E-state index contributed by atoms with van der Waals surface area (Å²) in [6, 6.07) is 11.5. The molecule has 4 amide bonds. The molecule has 1 heterocycles. The minimum atomic E-state index is -1.38. The third-order valence-electron chi connectivity index (χ3n) is 4.63. The number of methoxy groups -OCH3 is 1. The number of rotatable bonds is 6. The summed E-state index contributed by atoms with van der Waals surface area (Å²) in [4.78, 5) is 48.0. The Morgan fingerprint density at radius 3 is 2.48 bits per heavy atom. The molecule has 0 saturated carbocycles. The van der Waals surface area contributed by atoms with E-state index in [1.54, 1.807) is 30.3 Å². The molecule has 29 heavy (non-hydrogen) atoms. The summed E-state index contributed by atoms with van der Waals surface area (Å²) in [5.41, 5.74) is 1.30. The van der Waals surface area contributed by atoms with Crippen LogP contribution in [0, 0.1) is 10.1 Å². The lowest BCUT2D eigenvalue weighted by molar-refractivity contribution is -0.385. The fraction of sp³-hybridized carbons (Fsp3) is 0.211. The van der Waals surface area contributed by atoms with E-state index in [1.165, 1.54) is 32.2 Å². The first-order valence-corrected chi connectivity index (χ1v) is 8.59. The van der Waals surface area contributed by atoms with Gasteiger partial charge in [-0.3, -0.25) is 25.1 Å². The molecule has 10 nitrogen and oxygen atoms in total. The van der Waals surface area contributed by atoms with Crippen molar-refractivity contribution in [3.05, 3.63) is 69.8 Å². The highest BCUT2D eigenvalue weighted by atomic mass is 16.6. The van der Waals surface area contributed by atoms with Gasteiger partial charge in [0.05, 0.1) is 18.5 Å². The molecule has 0 bridgehead atoms. The summed E-state index contributed by atoms with van der Waals surface area (Å²) in [5, 5.41) is 14.2. The molecule has 2 aromatic rings. The zero-order valence-electron chi connectivity index (χ0n) is 15.7. The summed E-state index contributed by atoms with van der Waals surface area (Å²) >= 11 is 0. The molecule has 2 aromatic carbocycles. The van der Waals surface area contributed by atoms with Crippen molar-refractivity contribution in [3.8, 4) is 5.75 Å². The molecule has 1 atom stereocenters. The van der Waals surface area contributed by atoms with Crippen molar-refractivity contribution in [2.24, 2.45) is 0 Å². The zero-order valence-corrected chi connectivity index (χ0v) is 15.7. The van der Waals surface area contributed by atoms with Crippen LogP contribution < -0.4 is 15.5 Å². The number of urea groups is 1. The van der Waals surface area contributed by atoms with Crippen molar-refractivity contribution in [2.75, 3.05) is 7.11 Å². The summed E-state index contributed by atoms with van der Waals surface area (Å²) in [6.07, 6.45) is -0.368. The minimum Gasteiger partial charge on any atom is -0.497 e. The lowest BCUT2D eigenvalue weighted by atomic mass is 9.92. The Hall–Kier alpha value is -3.95. The van der Waals surface area contributed by atoms with Crippen LogP contribution in [0.15, 0.2) is 48.5 Å². The highest BCUT2D eigenvalue weighted by Gasteiger charge is 2.50. The van der Waals surface area contributed by atoms with Gasteiger partial charge in [-0.2, -0.15) is 5.01 Å². The van der Waals surface area contributed by atoms with E-state index in [2.05, 4.69) is 10.7 Å². The first-order valence-electron chi connectivity index (χ1n) is 8.59. The SMILES string of the molecule is COc1ccc([C@]2(C)NC(=O)N(NC(=O)Cc3ccccc3[N+](=O)[O-])C2=O)cc1. The number of amides is 4. The molecule has 1 saturated heterocycles. The maximum atomic E-state index is 12.8. The summed E-state index contributed by atoms with van der Waals surface area (Å²) in [7, 11) is 1.51. The average molecular weight is 398 g/mol. The van der Waals surface area contributed by atoms with E-state index in [4.69, 9.17) is 4.74 Å². The number of nitrogens with one attached hydrogen (secondary N) is 2. The molecular weight excluding hydrogens is 380 g/mol. The maximum absolute atomic E-state index is 12.8. The summed E-state index contributed by atoms with van der Waals surface area (Å²) in [6.45, 7) is 1.52. The molecule has 0 unspecified atom stereocenters. The van der Waals surface area contributed by atoms with Gasteiger partial charge in [-0.25, -0.2) is 4.79 Å². The van der Waals surface area contributed by atoms with Gasteiger partial charge in [0, 0.05) is 11.6 Å². The molecule has 0 aliphatic carbocycles. The smallest absolute Gasteiger partial charge is 0.344 e. The Kier molecular flexibility index (Phi) is 5.18. The second kappa shape index (κ2) is 7.58. The van der Waals surface area contributed by atoms with E-state index >= 15 is 0 Å². The van der Waals surface area contributed by atoms with Gasteiger partial charge >= 0.3 is 6.03 Å². The molecule has 10 heteroatoms. The number of ether oxygens (including phenoxy) is 1. The molecule has 2 N–H and O–H groups in total. The lowest BCUT2D eigenvalue weighted by Crippen LogP contribution is -2.48. The number of nitro benzene ring substituents is 1. The third kappa shape index (κ3) is 3.72. The Morgan fingerprint density at radius 1 is 1.21 bits per heavy atom. The topological polar surface area (TPSA) is 131 Å². The van der Waals surface area contributed by atoms with Gasteiger partial charge in [0.25, 0.3) is 11.6 Å². The Bertz CT molecular complexity index is 990. The van der Waals surface area contributed by atoms with Crippen LogP contribution >= 0.6 is 0 Å². The Morgan fingerprint density at radius 2 is 1.86 bits per heavy atom. The number of hydrogen-bond acceptors (Lipinski definition) is 6. The largest absolute Gasteiger partial charge is 0.497 e. The average Bonchev–Trinajstić information content (AvgIpc) is 2.92. The van der Waals surface area contributed by atoms with Crippen LogP contribution in [-0.2, 0) is 21.5 Å². The fourth-order valence-electron chi connectivity index (χ4n) is 3.04. The van der Waals surface area contributed by atoms with Gasteiger partial charge in [-0.15, -0.1) is 0 Å². The second-order valence-electron chi connectivity index (χ2n) is 6.52. The highest BCUT2D eigenvalue weighted by Crippen LogP contribution is 2.29. The van der Waals surface area contributed by atoms with E-state index in [-0.39, 0.29) is 17.7 Å². The monoisotopic (exact) mass is 398 g/mol. The van der Waals surface area contributed by atoms with E-state index < -0.39 is 28.3 Å². The number of hydrazine groups is 1. The molecule has 150 valence electrons. The van der Waals surface area contributed by atoms with E-state index in [1.807, 2.05) is 0 Å². The first kappa shape index (κ1) is 19.8. The van der Waals surface area contributed by atoms with Crippen molar-refractivity contribution in [3.63, 3.8) is 0 Å². The van der Waals surface area contributed by atoms with Crippen LogP contribution in [0.25, 0.3) is 0 Å². The van der Waals surface area contributed by atoms with Crippen molar-refractivity contribution < 1.29 is 24.0 Å². The van der Waals surface area contributed by atoms with Crippen LogP contribution in [-0.4, -0.2) is 34.9 Å². The molecule has 3 rings (SSSR count). The Labute approximate surface area is 165 Å². The van der Waals surface area contributed by atoms with Crippen molar-refractivity contribution in [1.82, 2.24) is 15.8 Å². The van der Waals surface area contributed by atoms with Crippen LogP contribution in [0.3, 0.4) is 0 Å². The van der Waals surface area contributed by atoms with E-state index in [0.717, 1.165) is 0 Å². The maximum Gasteiger partial charge on any atom is 0.344 e. The third-order valence-corrected chi connectivity index (χ3v) is 4.63. The van der Waals surface area contributed by atoms with Crippen molar-refractivity contribution in [1.29, 1.82) is 0 Å². The van der Waals surface area contributed by atoms with Gasteiger partial charge < -0.3 is 10.1 Å². The predicted molar refractivity (Wildman–Crippen MR) is 101 cm³/mol. The van der Waals surface area contributed by atoms with Crippen LogP contribution in [0.5, 0.6) is 5.75 Å². The molecule has 0 aromatic heterocycles. The number of imide groups is 1.